The Bertz CT molecular complexity index is 219. The Morgan fingerprint density at radius 2 is 1.67 bits per heavy atom. The number of hydrogen-bond acceptors (Lipinski definition) is 2. The standard InChI is InChI=1S/C7H17NO3S/c1-4-8(3,5-2)6-7-12(9,10)11/h4-7H2,1-3H3/p+1. The lowest BCUT2D eigenvalue weighted by Gasteiger charge is -2.31. The van der Waals surface area contributed by atoms with Crippen LogP contribution in [0.5, 0.6) is 0 Å². The molecule has 1 N–H and O–H groups in total. The van der Waals surface area contributed by atoms with Gasteiger partial charge in [0.15, 0.2) is 0 Å². The van der Waals surface area contributed by atoms with Crippen molar-refractivity contribution in [3.05, 3.63) is 0 Å². The molecule has 0 radical (unpaired) electrons. The van der Waals surface area contributed by atoms with Crippen molar-refractivity contribution < 1.29 is 17.5 Å². The summed E-state index contributed by atoms with van der Waals surface area (Å²) in [6.07, 6.45) is 0. The molecule has 74 valence electrons. The van der Waals surface area contributed by atoms with Crippen molar-refractivity contribution in [3.63, 3.8) is 0 Å². The summed E-state index contributed by atoms with van der Waals surface area (Å²) < 4.78 is 30.1. The second-order valence-corrected chi connectivity index (χ2v) is 4.83. The van der Waals surface area contributed by atoms with Crippen LogP contribution in [0.2, 0.25) is 0 Å². The minimum atomic E-state index is -3.79. The molecule has 0 fully saturated rings. The molecule has 0 aliphatic heterocycles. The van der Waals surface area contributed by atoms with Gasteiger partial charge in [-0.15, -0.1) is 0 Å². The van der Waals surface area contributed by atoms with Crippen molar-refractivity contribution >= 4 is 10.1 Å². The lowest BCUT2D eigenvalue weighted by atomic mass is 10.4. The van der Waals surface area contributed by atoms with Crippen molar-refractivity contribution in [1.82, 2.24) is 0 Å². The molecule has 0 unspecified atom stereocenters. The van der Waals surface area contributed by atoms with E-state index in [4.69, 9.17) is 4.55 Å². The highest BCUT2D eigenvalue weighted by atomic mass is 32.2. The zero-order valence-corrected chi connectivity index (χ0v) is 8.76. The predicted octanol–water partition coefficient (Wildman–Crippen LogP) is 0.361. The van der Waals surface area contributed by atoms with Crippen LogP contribution in [0.15, 0.2) is 0 Å². The highest BCUT2D eigenvalue weighted by Crippen LogP contribution is 2.01. The van der Waals surface area contributed by atoms with Crippen LogP contribution in [0.25, 0.3) is 0 Å². The highest BCUT2D eigenvalue weighted by molar-refractivity contribution is 7.85. The summed E-state index contributed by atoms with van der Waals surface area (Å²) in [5, 5.41) is 0. The summed E-state index contributed by atoms with van der Waals surface area (Å²) in [5.41, 5.74) is 0. The van der Waals surface area contributed by atoms with Crippen molar-refractivity contribution in [3.8, 4) is 0 Å². The third kappa shape index (κ3) is 4.69. The Hall–Kier alpha value is -0.130. The quantitative estimate of drug-likeness (QED) is 0.510. The van der Waals surface area contributed by atoms with E-state index in [1.165, 1.54) is 0 Å². The van der Waals surface area contributed by atoms with Gasteiger partial charge in [0.05, 0.1) is 26.7 Å². The molecule has 12 heavy (non-hydrogen) atoms. The molecule has 0 aromatic carbocycles. The molecular weight excluding hydrogens is 178 g/mol. The fourth-order valence-electron chi connectivity index (χ4n) is 0.876. The molecule has 0 spiro atoms. The second-order valence-electron chi connectivity index (χ2n) is 3.26. The summed E-state index contributed by atoms with van der Waals surface area (Å²) >= 11 is 0. The Kier molecular flexibility index (Phi) is 4.16. The zero-order valence-electron chi connectivity index (χ0n) is 7.95. The molecule has 0 heterocycles. The fourth-order valence-corrected chi connectivity index (χ4v) is 1.55. The van der Waals surface area contributed by atoms with Gasteiger partial charge in [0.2, 0.25) is 0 Å². The molecule has 0 amide bonds. The van der Waals surface area contributed by atoms with Gasteiger partial charge >= 0.3 is 0 Å². The van der Waals surface area contributed by atoms with Gasteiger partial charge in [-0.3, -0.25) is 4.55 Å². The van der Waals surface area contributed by atoms with Gasteiger partial charge in [-0.05, 0) is 13.8 Å². The van der Waals surface area contributed by atoms with E-state index >= 15 is 0 Å². The van der Waals surface area contributed by atoms with Crippen LogP contribution in [0.1, 0.15) is 13.8 Å². The van der Waals surface area contributed by atoms with E-state index in [0.717, 1.165) is 13.1 Å². The SMILES string of the molecule is CC[N+](C)(CC)CCS(=O)(=O)O. The minimum absolute atomic E-state index is 0.148. The van der Waals surface area contributed by atoms with Gasteiger partial charge in [-0.1, -0.05) is 0 Å². The van der Waals surface area contributed by atoms with Gasteiger partial charge < -0.3 is 4.48 Å². The summed E-state index contributed by atoms with van der Waals surface area (Å²) in [5.74, 6) is -0.148. The number of nitrogens with zero attached hydrogens (tertiary/aromatic N) is 1. The minimum Gasteiger partial charge on any atom is -0.326 e. The van der Waals surface area contributed by atoms with Crippen LogP contribution in [0, 0.1) is 0 Å². The maximum Gasteiger partial charge on any atom is 0.270 e. The molecule has 0 aromatic heterocycles. The molecule has 0 atom stereocenters. The topological polar surface area (TPSA) is 54.4 Å². The maximum absolute atomic E-state index is 10.5. The van der Waals surface area contributed by atoms with Crippen LogP contribution < -0.4 is 0 Å². The van der Waals surface area contributed by atoms with Gasteiger partial charge in [-0.25, -0.2) is 0 Å². The molecule has 0 aromatic rings. The Morgan fingerprint density at radius 3 is 1.92 bits per heavy atom. The summed E-state index contributed by atoms with van der Waals surface area (Å²) in [7, 11) is -1.82. The first-order valence-electron chi connectivity index (χ1n) is 4.11. The molecule has 0 saturated carbocycles. The van der Waals surface area contributed by atoms with E-state index < -0.39 is 10.1 Å². The van der Waals surface area contributed by atoms with Crippen molar-refractivity contribution in [1.29, 1.82) is 0 Å². The van der Waals surface area contributed by atoms with E-state index in [1.807, 2.05) is 20.9 Å². The van der Waals surface area contributed by atoms with Gasteiger partial charge in [0.1, 0.15) is 5.75 Å². The Labute approximate surface area is 74.5 Å². The lowest BCUT2D eigenvalue weighted by Crippen LogP contribution is -2.46. The van der Waals surface area contributed by atoms with Gasteiger partial charge in [-0.2, -0.15) is 8.42 Å². The summed E-state index contributed by atoms with van der Waals surface area (Å²) in [4.78, 5) is 0. The highest BCUT2D eigenvalue weighted by Gasteiger charge is 2.19. The Balaban J connectivity index is 4.07. The molecule has 0 aliphatic rings. The summed E-state index contributed by atoms with van der Waals surface area (Å²) in [6, 6.07) is 0. The Morgan fingerprint density at radius 1 is 1.25 bits per heavy atom. The molecular formula is C7H18NO3S+. The van der Waals surface area contributed by atoms with E-state index in [0.29, 0.717) is 11.0 Å². The normalized spacial score (nSPS) is 13.3. The molecule has 4 nitrogen and oxygen atoms in total. The fraction of sp³-hybridized carbons (Fsp3) is 1.00. The van der Waals surface area contributed by atoms with Crippen LogP contribution in [-0.4, -0.2) is 49.9 Å². The van der Waals surface area contributed by atoms with E-state index in [2.05, 4.69) is 0 Å². The average molecular weight is 196 g/mol. The number of rotatable bonds is 5. The predicted molar refractivity (Wildman–Crippen MR) is 48.5 cm³/mol. The van der Waals surface area contributed by atoms with E-state index in [9.17, 15) is 8.42 Å². The monoisotopic (exact) mass is 196 g/mol. The first-order chi connectivity index (χ1) is 5.33. The largest absolute Gasteiger partial charge is 0.326 e. The molecule has 5 heteroatoms. The van der Waals surface area contributed by atoms with Crippen LogP contribution in [-0.2, 0) is 10.1 Å². The summed E-state index contributed by atoms with van der Waals surface area (Å²) in [6.45, 7) is 6.25. The zero-order chi connectivity index (χ0) is 9.83. The maximum atomic E-state index is 10.5. The van der Waals surface area contributed by atoms with Crippen LogP contribution in [0.3, 0.4) is 0 Å². The van der Waals surface area contributed by atoms with Gasteiger partial charge in [0.25, 0.3) is 10.1 Å². The van der Waals surface area contributed by atoms with E-state index in [-0.39, 0.29) is 5.75 Å². The molecule has 0 aliphatic carbocycles. The average Bonchev–Trinajstić information content (AvgIpc) is 1.99. The molecule has 0 saturated heterocycles. The van der Waals surface area contributed by atoms with Crippen molar-refractivity contribution in [2.45, 2.75) is 13.8 Å². The molecule has 0 rings (SSSR count). The smallest absolute Gasteiger partial charge is 0.270 e. The first-order valence-corrected chi connectivity index (χ1v) is 5.72. The van der Waals surface area contributed by atoms with Gasteiger partial charge in [0, 0.05) is 0 Å². The number of hydrogen-bond donors (Lipinski definition) is 1. The van der Waals surface area contributed by atoms with Crippen LogP contribution >= 0.6 is 0 Å². The van der Waals surface area contributed by atoms with E-state index in [1.54, 1.807) is 0 Å². The first kappa shape index (κ1) is 11.9. The second kappa shape index (κ2) is 4.20. The van der Waals surface area contributed by atoms with Crippen LogP contribution in [0.4, 0.5) is 0 Å². The number of quaternary nitrogens is 1. The molecule has 0 bridgehead atoms. The van der Waals surface area contributed by atoms with Crippen molar-refractivity contribution in [2.24, 2.45) is 0 Å². The lowest BCUT2D eigenvalue weighted by molar-refractivity contribution is -0.903. The third-order valence-corrected chi connectivity index (χ3v) is 3.11. The van der Waals surface area contributed by atoms with Crippen molar-refractivity contribution in [2.75, 3.05) is 32.4 Å². The third-order valence-electron chi connectivity index (χ3n) is 2.42.